The molecule has 0 saturated heterocycles. The standard InChI is InChI=1S/C18H21Cl2N5O.ClH/c19-13-6-15(20)17(22-7-13)25-9-14(8-23-25)24-18(26)12-4-10-2-1-3-11(5-12)16(10)21;/h6-12,16H,1-5,21H2,(H,24,26);1H. The first-order chi connectivity index (χ1) is 12.5. The van der Waals surface area contributed by atoms with E-state index < -0.39 is 0 Å². The number of hydrogen-bond acceptors (Lipinski definition) is 4. The monoisotopic (exact) mass is 429 g/mol. The molecular weight excluding hydrogens is 409 g/mol. The van der Waals surface area contributed by atoms with Gasteiger partial charge in [-0.3, -0.25) is 4.79 Å². The Kier molecular flexibility index (Phi) is 6.31. The molecule has 6 nitrogen and oxygen atoms in total. The fourth-order valence-corrected chi connectivity index (χ4v) is 4.79. The second-order valence-electron chi connectivity index (χ2n) is 7.32. The quantitative estimate of drug-likeness (QED) is 0.768. The van der Waals surface area contributed by atoms with Crippen LogP contribution in [0.1, 0.15) is 32.1 Å². The van der Waals surface area contributed by atoms with E-state index >= 15 is 0 Å². The number of carbonyl (C=O) groups excluding carboxylic acids is 1. The predicted octanol–water partition coefficient (Wildman–Crippen LogP) is 4.09. The zero-order valence-electron chi connectivity index (χ0n) is 14.6. The van der Waals surface area contributed by atoms with Gasteiger partial charge < -0.3 is 11.1 Å². The Balaban J connectivity index is 0.00000210. The number of halogens is 3. The van der Waals surface area contributed by atoms with Crippen molar-refractivity contribution in [3.05, 3.63) is 34.7 Å². The number of pyridine rings is 1. The number of fused-ring (bicyclic) bond motifs is 2. The van der Waals surface area contributed by atoms with Gasteiger partial charge in [-0.1, -0.05) is 29.6 Å². The number of hydrogen-bond donors (Lipinski definition) is 2. The zero-order chi connectivity index (χ0) is 18.3. The van der Waals surface area contributed by atoms with Crippen LogP contribution in [0.5, 0.6) is 0 Å². The van der Waals surface area contributed by atoms with Gasteiger partial charge in [-0.05, 0) is 43.6 Å². The summed E-state index contributed by atoms with van der Waals surface area (Å²) in [4.78, 5) is 16.9. The maximum atomic E-state index is 12.7. The summed E-state index contributed by atoms with van der Waals surface area (Å²) in [6.07, 6.45) is 10.1. The van der Waals surface area contributed by atoms with Gasteiger partial charge in [0.15, 0.2) is 5.82 Å². The summed E-state index contributed by atoms with van der Waals surface area (Å²) in [6.45, 7) is 0. The molecule has 2 aliphatic carbocycles. The third-order valence-electron chi connectivity index (χ3n) is 5.64. The Morgan fingerprint density at radius 2 is 1.93 bits per heavy atom. The first-order valence-corrected chi connectivity index (χ1v) is 9.69. The molecule has 2 aromatic rings. The molecule has 3 N–H and O–H groups in total. The van der Waals surface area contributed by atoms with Crippen molar-refractivity contribution in [2.45, 2.75) is 38.1 Å². The Hall–Kier alpha value is -1.34. The molecule has 2 unspecified atom stereocenters. The van der Waals surface area contributed by atoms with Crippen LogP contribution in [-0.2, 0) is 4.79 Å². The number of nitrogens with two attached hydrogens (primary N) is 1. The van der Waals surface area contributed by atoms with Gasteiger partial charge in [0, 0.05) is 18.2 Å². The molecule has 2 heterocycles. The summed E-state index contributed by atoms with van der Waals surface area (Å²) in [5.41, 5.74) is 6.95. The van der Waals surface area contributed by atoms with Crippen molar-refractivity contribution in [2.75, 3.05) is 5.32 Å². The van der Waals surface area contributed by atoms with Crippen LogP contribution >= 0.6 is 35.6 Å². The molecule has 0 radical (unpaired) electrons. The minimum absolute atomic E-state index is 0. The van der Waals surface area contributed by atoms with Crippen molar-refractivity contribution < 1.29 is 4.79 Å². The molecule has 0 aromatic carbocycles. The van der Waals surface area contributed by atoms with Gasteiger partial charge in [0.05, 0.1) is 28.1 Å². The van der Waals surface area contributed by atoms with Gasteiger partial charge in [-0.15, -0.1) is 12.4 Å². The van der Waals surface area contributed by atoms with Crippen LogP contribution in [0.3, 0.4) is 0 Å². The molecule has 2 aliphatic rings. The van der Waals surface area contributed by atoms with Crippen molar-refractivity contribution in [1.82, 2.24) is 14.8 Å². The van der Waals surface area contributed by atoms with Gasteiger partial charge in [0.2, 0.25) is 5.91 Å². The maximum absolute atomic E-state index is 12.7. The SMILES string of the molecule is Cl.NC1C2CCCC1CC(C(=O)Nc1cnn(-c3ncc(Cl)cc3Cl)c1)C2. The molecule has 4 rings (SSSR count). The van der Waals surface area contributed by atoms with E-state index in [9.17, 15) is 4.79 Å². The van der Waals surface area contributed by atoms with Crippen LogP contribution in [0, 0.1) is 17.8 Å². The Labute approximate surface area is 174 Å². The lowest BCUT2D eigenvalue weighted by molar-refractivity contribution is -0.122. The van der Waals surface area contributed by atoms with Crippen LogP contribution in [0.2, 0.25) is 10.0 Å². The number of amides is 1. The molecule has 2 bridgehead atoms. The van der Waals surface area contributed by atoms with Crippen molar-refractivity contribution >= 4 is 47.2 Å². The lowest BCUT2D eigenvalue weighted by Crippen LogP contribution is -2.48. The van der Waals surface area contributed by atoms with Gasteiger partial charge in [-0.2, -0.15) is 5.10 Å². The van der Waals surface area contributed by atoms with E-state index in [4.69, 9.17) is 28.9 Å². The first kappa shape index (κ1) is 20.4. The summed E-state index contributed by atoms with van der Waals surface area (Å²) in [5, 5.41) is 8.07. The third kappa shape index (κ3) is 4.24. The number of anilines is 1. The minimum Gasteiger partial charge on any atom is -0.327 e. The summed E-state index contributed by atoms with van der Waals surface area (Å²) < 4.78 is 1.53. The fraction of sp³-hybridized carbons (Fsp3) is 0.500. The Morgan fingerprint density at radius 1 is 1.22 bits per heavy atom. The average molecular weight is 431 g/mol. The first-order valence-electron chi connectivity index (χ1n) is 8.94. The number of rotatable bonds is 3. The third-order valence-corrected chi connectivity index (χ3v) is 6.12. The second kappa shape index (κ2) is 8.35. The average Bonchev–Trinajstić information content (AvgIpc) is 3.02. The molecule has 146 valence electrons. The molecule has 2 atom stereocenters. The molecule has 9 heteroatoms. The van der Waals surface area contributed by atoms with E-state index in [-0.39, 0.29) is 30.3 Å². The molecule has 1 amide bonds. The van der Waals surface area contributed by atoms with Crippen molar-refractivity contribution in [3.8, 4) is 5.82 Å². The van der Waals surface area contributed by atoms with E-state index in [2.05, 4.69) is 15.4 Å². The summed E-state index contributed by atoms with van der Waals surface area (Å²) in [7, 11) is 0. The van der Waals surface area contributed by atoms with E-state index in [0.29, 0.717) is 33.4 Å². The lowest BCUT2D eigenvalue weighted by atomic mass is 9.65. The van der Waals surface area contributed by atoms with Gasteiger partial charge in [0.25, 0.3) is 0 Å². The second-order valence-corrected chi connectivity index (χ2v) is 8.16. The highest BCUT2D eigenvalue weighted by Gasteiger charge is 2.40. The Bertz CT molecular complexity index is 813. The normalized spacial score (nSPS) is 26.9. The number of aromatic nitrogens is 3. The van der Waals surface area contributed by atoms with Crippen molar-refractivity contribution in [2.24, 2.45) is 23.5 Å². The molecule has 27 heavy (non-hydrogen) atoms. The summed E-state index contributed by atoms with van der Waals surface area (Å²) >= 11 is 12.0. The van der Waals surface area contributed by atoms with Gasteiger partial charge in [-0.25, -0.2) is 9.67 Å². The topological polar surface area (TPSA) is 85.8 Å². The maximum Gasteiger partial charge on any atom is 0.227 e. The lowest BCUT2D eigenvalue weighted by Gasteiger charge is -2.43. The largest absolute Gasteiger partial charge is 0.327 e. The highest BCUT2D eigenvalue weighted by atomic mass is 35.5. The summed E-state index contributed by atoms with van der Waals surface area (Å²) in [6, 6.07) is 1.86. The number of nitrogens with one attached hydrogen (secondary N) is 1. The highest BCUT2D eigenvalue weighted by molar-refractivity contribution is 6.35. The molecule has 2 fully saturated rings. The van der Waals surface area contributed by atoms with E-state index in [1.165, 1.54) is 17.3 Å². The number of nitrogens with zero attached hydrogens (tertiary/aromatic N) is 3. The molecular formula is C18H22Cl3N5O. The molecule has 2 saturated carbocycles. The number of carbonyl (C=O) groups is 1. The van der Waals surface area contributed by atoms with E-state index in [1.807, 2.05) is 0 Å². The van der Waals surface area contributed by atoms with Crippen molar-refractivity contribution in [1.29, 1.82) is 0 Å². The zero-order valence-corrected chi connectivity index (χ0v) is 17.0. The predicted molar refractivity (Wildman–Crippen MR) is 109 cm³/mol. The molecule has 0 aliphatic heterocycles. The fourth-order valence-electron chi connectivity index (χ4n) is 4.33. The van der Waals surface area contributed by atoms with Crippen LogP contribution < -0.4 is 11.1 Å². The molecule has 2 aromatic heterocycles. The smallest absolute Gasteiger partial charge is 0.227 e. The van der Waals surface area contributed by atoms with Crippen LogP contribution in [0.25, 0.3) is 5.82 Å². The van der Waals surface area contributed by atoms with Crippen molar-refractivity contribution in [3.63, 3.8) is 0 Å². The Morgan fingerprint density at radius 3 is 2.59 bits per heavy atom. The summed E-state index contributed by atoms with van der Waals surface area (Å²) in [5.74, 6) is 1.47. The van der Waals surface area contributed by atoms with Gasteiger partial charge in [0.1, 0.15) is 0 Å². The van der Waals surface area contributed by atoms with Gasteiger partial charge >= 0.3 is 0 Å². The highest BCUT2D eigenvalue weighted by Crippen LogP contribution is 2.42. The van der Waals surface area contributed by atoms with Crippen LogP contribution in [0.15, 0.2) is 24.7 Å². The van der Waals surface area contributed by atoms with Crippen LogP contribution in [0.4, 0.5) is 5.69 Å². The van der Waals surface area contributed by atoms with E-state index in [0.717, 1.165) is 25.7 Å². The molecule has 0 spiro atoms. The van der Waals surface area contributed by atoms with E-state index in [1.54, 1.807) is 18.5 Å². The minimum atomic E-state index is 0. The van der Waals surface area contributed by atoms with Crippen LogP contribution in [-0.4, -0.2) is 26.7 Å².